The van der Waals surface area contributed by atoms with Gasteiger partial charge >= 0.3 is 0 Å². The molecule has 1 aromatic heterocycles. The molecule has 0 bridgehead atoms. The molecule has 0 radical (unpaired) electrons. The average molecular weight is 571 g/mol. The molecule has 0 amide bonds. The van der Waals surface area contributed by atoms with Crippen molar-refractivity contribution < 1.29 is 29.2 Å². The van der Waals surface area contributed by atoms with Crippen LogP contribution in [-0.2, 0) is 12.8 Å². The third-order valence-electron chi connectivity index (χ3n) is 8.72. The molecule has 3 aliphatic rings. The summed E-state index contributed by atoms with van der Waals surface area (Å²) >= 11 is 0. The standard InChI is InChI=1S/C35H38O7/c1-17(2)9-8-10-18(3)11-12-19-28(38)27-29(39)21-15-22-25-26(23(36)16-24(37)33(25)42-35(22,6)7)32(21)40-31(27)20-13-14-34(4,5)41-30(19)20/h9,11,13-14,16,22,36-38H,8,10,12,15H2,1-7H3/t22-/m0/s1. The van der Waals surface area contributed by atoms with Crippen molar-refractivity contribution in [1.82, 2.24) is 0 Å². The van der Waals surface area contributed by atoms with Gasteiger partial charge in [0.2, 0.25) is 0 Å². The average Bonchev–Trinajstić information content (AvgIpc) is 3.16. The first-order valence-electron chi connectivity index (χ1n) is 14.5. The first kappa shape index (κ1) is 28.0. The number of hydrogen-bond acceptors (Lipinski definition) is 7. The van der Waals surface area contributed by atoms with Crippen LogP contribution in [0.15, 0.2) is 44.7 Å². The fourth-order valence-corrected chi connectivity index (χ4v) is 6.46. The molecular weight excluding hydrogens is 532 g/mol. The van der Waals surface area contributed by atoms with Crippen molar-refractivity contribution in [2.24, 2.45) is 0 Å². The Bertz CT molecular complexity index is 1810. The maximum atomic E-state index is 14.3. The number of benzene rings is 2. The first-order valence-corrected chi connectivity index (χ1v) is 14.5. The zero-order chi connectivity index (χ0) is 30.3. The van der Waals surface area contributed by atoms with Crippen molar-refractivity contribution in [2.45, 2.75) is 91.3 Å². The van der Waals surface area contributed by atoms with Crippen molar-refractivity contribution in [2.75, 3.05) is 0 Å². The van der Waals surface area contributed by atoms with Gasteiger partial charge in [0.1, 0.15) is 39.6 Å². The van der Waals surface area contributed by atoms with E-state index in [1.807, 2.05) is 39.8 Å². The molecule has 0 spiro atoms. The van der Waals surface area contributed by atoms with Crippen LogP contribution in [0.4, 0.5) is 0 Å². The lowest BCUT2D eigenvalue weighted by Gasteiger charge is -2.32. The summed E-state index contributed by atoms with van der Waals surface area (Å²) in [5, 5.41) is 33.4. The summed E-state index contributed by atoms with van der Waals surface area (Å²) < 4.78 is 19.0. The lowest BCUT2D eigenvalue weighted by Crippen LogP contribution is -2.34. The van der Waals surface area contributed by atoms with Gasteiger partial charge in [0.05, 0.1) is 11.1 Å². The minimum Gasteiger partial charge on any atom is -0.507 e. The molecule has 1 atom stereocenters. The fraction of sp³-hybridized carbons (Fsp3) is 0.400. The molecule has 0 saturated heterocycles. The second-order valence-corrected chi connectivity index (χ2v) is 13.1. The highest BCUT2D eigenvalue weighted by molar-refractivity contribution is 5.97. The van der Waals surface area contributed by atoms with Gasteiger partial charge in [-0.2, -0.15) is 0 Å². The number of aromatic hydroxyl groups is 3. The zero-order valence-corrected chi connectivity index (χ0v) is 25.3. The lowest BCUT2D eigenvalue weighted by molar-refractivity contribution is 0.106. The molecule has 2 aromatic carbocycles. The Morgan fingerprint density at radius 3 is 2.48 bits per heavy atom. The van der Waals surface area contributed by atoms with Crippen LogP contribution in [-0.4, -0.2) is 26.5 Å². The van der Waals surface area contributed by atoms with Crippen molar-refractivity contribution in [3.05, 3.63) is 67.9 Å². The van der Waals surface area contributed by atoms with E-state index in [4.69, 9.17) is 13.9 Å². The highest BCUT2D eigenvalue weighted by Gasteiger charge is 2.49. The van der Waals surface area contributed by atoms with Gasteiger partial charge in [-0.3, -0.25) is 4.79 Å². The van der Waals surface area contributed by atoms with E-state index in [-0.39, 0.29) is 51.7 Å². The molecule has 1 aliphatic carbocycles. The molecule has 0 saturated carbocycles. The van der Waals surface area contributed by atoms with Gasteiger partial charge < -0.3 is 29.2 Å². The quantitative estimate of drug-likeness (QED) is 0.268. The van der Waals surface area contributed by atoms with Crippen molar-refractivity contribution in [3.8, 4) is 40.1 Å². The summed E-state index contributed by atoms with van der Waals surface area (Å²) in [6.45, 7) is 13.9. The van der Waals surface area contributed by atoms with Gasteiger partial charge in [-0.15, -0.1) is 0 Å². The summed E-state index contributed by atoms with van der Waals surface area (Å²) in [7, 11) is 0. The first-order chi connectivity index (χ1) is 19.7. The molecule has 42 heavy (non-hydrogen) atoms. The van der Waals surface area contributed by atoms with Crippen molar-refractivity contribution in [1.29, 1.82) is 0 Å². The summed E-state index contributed by atoms with van der Waals surface area (Å²) in [5.74, 6) is 0.186. The third-order valence-corrected chi connectivity index (χ3v) is 8.72. The molecule has 7 heteroatoms. The third kappa shape index (κ3) is 4.29. The lowest BCUT2D eigenvalue weighted by atomic mass is 9.74. The summed E-state index contributed by atoms with van der Waals surface area (Å²) in [4.78, 5) is 14.3. The number of allylic oxidation sites excluding steroid dienone is 4. The van der Waals surface area contributed by atoms with Crippen molar-refractivity contribution >= 4 is 17.0 Å². The number of phenols is 3. The van der Waals surface area contributed by atoms with E-state index in [0.29, 0.717) is 45.7 Å². The molecule has 0 fully saturated rings. The van der Waals surface area contributed by atoms with Crippen LogP contribution in [0.3, 0.4) is 0 Å². The number of ether oxygens (including phenoxy) is 2. The highest BCUT2D eigenvalue weighted by Crippen LogP contribution is 2.60. The summed E-state index contributed by atoms with van der Waals surface area (Å²) in [5.41, 5.74) is 3.38. The van der Waals surface area contributed by atoms with Gasteiger partial charge in [-0.25, -0.2) is 0 Å². The SMILES string of the molecule is CC(C)=CCCC(C)=CCc1c2c(c3oc4c(c(=O)c3c1O)C[C@H]1c3c(c(O)cc(O)c3-4)OC1(C)C)C=CC(C)(C)O2. The second kappa shape index (κ2) is 9.45. The van der Waals surface area contributed by atoms with Gasteiger partial charge in [0.15, 0.2) is 22.5 Å². The van der Waals surface area contributed by atoms with Gasteiger partial charge in [-0.05, 0) is 86.3 Å². The van der Waals surface area contributed by atoms with Crippen LogP contribution in [0.5, 0.6) is 28.7 Å². The van der Waals surface area contributed by atoms with Crippen LogP contribution in [0.25, 0.3) is 28.4 Å². The Kier molecular flexibility index (Phi) is 6.30. The maximum Gasteiger partial charge on any atom is 0.200 e. The Balaban J connectivity index is 1.59. The van der Waals surface area contributed by atoms with Gasteiger partial charge in [0, 0.05) is 28.7 Å². The summed E-state index contributed by atoms with van der Waals surface area (Å²) in [6.07, 6.45) is 10.6. The van der Waals surface area contributed by atoms with E-state index in [1.165, 1.54) is 17.2 Å². The van der Waals surface area contributed by atoms with E-state index in [9.17, 15) is 20.1 Å². The molecule has 3 N–H and O–H groups in total. The number of phenolic OH excluding ortho intramolecular Hbond substituents is 3. The predicted octanol–water partition coefficient (Wildman–Crippen LogP) is 7.81. The van der Waals surface area contributed by atoms with E-state index in [0.717, 1.165) is 12.8 Å². The number of fused-ring (bicyclic) bond motifs is 5. The number of rotatable bonds is 5. The largest absolute Gasteiger partial charge is 0.507 e. The normalized spacial score (nSPS) is 19.0. The van der Waals surface area contributed by atoms with E-state index < -0.39 is 11.2 Å². The Hall–Kier alpha value is -4.13. The molecule has 2 aliphatic heterocycles. The van der Waals surface area contributed by atoms with Crippen LogP contribution >= 0.6 is 0 Å². The van der Waals surface area contributed by atoms with Crippen molar-refractivity contribution in [3.63, 3.8) is 0 Å². The topological polar surface area (TPSA) is 109 Å². The smallest absolute Gasteiger partial charge is 0.200 e. The minimum absolute atomic E-state index is 0.102. The van der Waals surface area contributed by atoms with Gasteiger partial charge in [0.25, 0.3) is 0 Å². The Morgan fingerprint density at radius 1 is 1.02 bits per heavy atom. The highest BCUT2D eigenvalue weighted by atomic mass is 16.5. The number of hydrogen-bond donors (Lipinski definition) is 3. The maximum absolute atomic E-state index is 14.3. The molecule has 6 rings (SSSR count). The Labute approximate surface area is 245 Å². The van der Waals surface area contributed by atoms with E-state index in [1.54, 1.807) is 0 Å². The predicted molar refractivity (Wildman–Crippen MR) is 164 cm³/mol. The van der Waals surface area contributed by atoms with Crippen LogP contribution < -0.4 is 14.9 Å². The molecule has 3 aromatic rings. The monoisotopic (exact) mass is 570 g/mol. The van der Waals surface area contributed by atoms with Gasteiger partial charge in [-0.1, -0.05) is 23.3 Å². The fourth-order valence-electron chi connectivity index (χ4n) is 6.46. The van der Waals surface area contributed by atoms with Crippen LogP contribution in [0.2, 0.25) is 0 Å². The van der Waals surface area contributed by atoms with E-state index >= 15 is 0 Å². The molecular formula is C35H38O7. The van der Waals surface area contributed by atoms with Crippen LogP contribution in [0.1, 0.15) is 89.5 Å². The van der Waals surface area contributed by atoms with Crippen LogP contribution in [0, 0.1) is 0 Å². The molecule has 220 valence electrons. The molecule has 7 nitrogen and oxygen atoms in total. The minimum atomic E-state index is -0.736. The summed E-state index contributed by atoms with van der Waals surface area (Å²) in [6, 6.07) is 1.22. The van der Waals surface area contributed by atoms with E-state index in [2.05, 4.69) is 32.9 Å². The second-order valence-electron chi connectivity index (χ2n) is 13.1. The molecule has 3 heterocycles. The Morgan fingerprint density at radius 2 is 1.76 bits per heavy atom. The molecule has 0 unspecified atom stereocenters. The zero-order valence-electron chi connectivity index (χ0n) is 25.3.